The van der Waals surface area contributed by atoms with E-state index in [0.717, 1.165) is 0 Å². The van der Waals surface area contributed by atoms with Crippen molar-refractivity contribution in [1.29, 1.82) is 0 Å². The van der Waals surface area contributed by atoms with Gasteiger partial charge in [-0.15, -0.1) is 0 Å². The highest BCUT2D eigenvalue weighted by molar-refractivity contribution is 5.82. The van der Waals surface area contributed by atoms with Crippen LogP contribution >= 0.6 is 0 Å². The highest BCUT2D eigenvalue weighted by atomic mass is 16.8. The van der Waals surface area contributed by atoms with Gasteiger partial charge in [0.15, 0.2) is 17.8 Å². The van der Waals surface area contributed by atoms with Gasteiger partial charge in [0.25, 0.3) is 0 Å². The molecule has 13 heteroatoms. The monoisotopic (exact) mass is 562 g/mol. The minimum atomic E-state index is -1.99. The van der Waals surface area contributed by atoms with Gasteiger partial charge in [0.1, 0.15) is 53.4 Å². The predicted molar refractivity (Wildman–Crippen MR) is 136 cm³/mol. The molecule has 0 radical (unpaired) electrons. The minimum absolute atomic E-state index is 0.131. The summed E-state index contributed by atoms with van der Waals surface area (Å²) < 4.78 is 33.3. The number of fused-ring (bicyclic) bond motifs is 1. The van der Waals surface area contributed by atoms with Crippen LogP contribution in [0.5, 0.6) is 11.5 Å². The van der Waals surface area contributed by atoms with E-state index in [9.17, 15) is 35.4 Å². The predicted octanol–water partition coefficient (Wildman–Crippen LogP) is -0.888. The van der Waals surface area contributed by atoms with Gasteiger partial charge in [-0.05, 0) is 29.8 Å². The summed E-state index contributed by atoms with van der Waals surface area (Å²) in [5.74, 6) is 0.772. The van der Waals surface area contributed by atoms with Crippen molar-refractivity contribution in [1.82, 2.24) is 0 Å². The zero-order valence-corrected chi connectivity index (χ0v) is 21.3. The maximum Gasteiger partial charge on any atom is 0.229 e. The third-order valence-corrected chi connectivity index (χ3v) is 7.09. The summed E-state index contributed by atoms with van der Waals surface area (Å²) in [7, 11) is 1.54. The SMILES string of the molecule is COc1ccc(-c2coc3cc(O[C@H]4O[C@@H](CO)[C@@H](O)[C@@H](O)[C@H]4O[C@@H]4OC[C@](O)(CO)[C@H]4O)ccc3c2=O)cc1. The van der Waals surface area contributed by atoms with Gasteiger partial charge in [-0.3, -0.25) is 4.79 Å². The molecule has 0 aliphatic carbocycles. The number of methoxy groups -OCH3 is 1. The maximum absolute atomic E-state index is 13.2. The Morgan fingerprint density at radius 3 is 2.38 bits per heavy atom. The summed E-state index contributed by atoms with van der Waals surface area (Å²) in [4.78, 5) is 13.2. The summed E-state index contributed by atoms with van der Waals surface area (Å²) in [6.45, 7) is -1.91. The van der Waals surface area contributed by atoms with Gasteiger partial charge in [0.05, 0.1) is 37.9 Å². The van der Waals surface area contributed by atoms with Crippen LogP contribution in [0.1, 0.15) is 0 Å². The van der Waals surface area contributed by atoms with Crippen LogP contribution in [0.4, 0.5) is 0 Å². The summed E-state index contributed by atoms with van der Waals surface area (Å²) in [5.41, 5.74) is -1.10. The number of hydrogen-bond acceptors (Lipinski definition) is 13. The Bertz CT molecular complexity index is 1380. The highest BCUT2D eigenvalue weighted by Crippen LogP contribution is 2.33. The molecule has 8 atom stereocenters. The zero-order chi connectivity index (χ0) is 28.6. The molecule has 2 saturated heterocycles. The molecule has 0 bridgehead atoms. The van der Waals surface area contributed by atoms with Crippen LogP contribution in [0.3, 0.4) is 0 Å². The third-order valence-electron chi connectivity index (χ3n) is 7.09. The van der Waals surface area contributed by atoms with Crippen molar-refractivity contribution in [2.24, 2.45) is 0 Å². The van der Waals surface area contributed by atoms with E-state index in [4.69, 9.17) is 28.1 Å². The number of aliphatic hydroxyl groups is 6. The summed E-state index contributed by atoms with van der Waals surface area (Å²) in [6.07, 6.45) is -9.29. The Labute approximate surface area is 227 Å². The Kier molecular flexibility index (Phi) is 8.10. The van der Waals surface area contributed by atoms with Gasteiger partial charge >= 0.3 is 0 Å². The van der Waals surface area contributed by atoms with Crippen LogP contribution in [0, 0.1) is 0 Å². The van der Waals surface area contributed by atoms with Gasteiger partial charge in [0.2, 0.25) is 6.29 Å². The third kappa shape index (κ3) is 5.19. The lowest BCUT2D eigenvalue weighted by molar-refractivity contribution is -0.318. The Morgan fingerprint density at radius 1 is 1.00 bits per heavy atom. The second-order valence-corrected chi connectivity index (χ2v) is 9.68. The van der Waals surface area contributed by atoms with Crippen LogP contribution in [0.2, 0.25) is 0 Å². The van der Waals surface area contributed by atoms with Crippen LogP contribution in [0.15, 0.2) is 57.9 Å². The number of hydrogen-bond donors (Lipinski definition) is 6. The molecule has 216 valence electrons. The zero-order valence-electron chi connectivity index (χ0n) is 21.3. The molecular weight excluding hydrogens is 532 g/mol. The van der Waals surface area contributed by atoms with E-state index in [1.54, 1.807) is 31.4 Å². The summed E-state index contributed by atoms with van der Waals surface area (Å²) >= 11 is 0. The first-order chi connectivity index (χ1) is 19.2. The Balaban J connectivity index is 1.40. The topological polar surface area (TPSA) is 198 Å². The average Bonchev–Trinajstić information content (AvgIpc) is 3.26. The fourth-order valence-corrected chi connectivity index (χ4v) is 4.65. The lowest BCUT2D eigenvalue weighted by Gasteiger charge is -2.42. The largest absolute Gasteiger partial charge is 0.497 e. The molecule has 3 aromatic rings. The summed E-state index contributed by atoms with van der Waals surface area (Å²) in [6, 6.07) is 11.3. The van der Waals surface area contributed by atoms with Crippen molar-refractivity contribution >= 4 is 11.0 Å². The Hall–Kier alpha value is -3.11. The van der Waals surface area contributed by atoms with Crippen LogP contribution in [-0.2, 0) is 14.2 Å². The second-order valence-electron chi connectivity index (χ2n) is 9.68. The smallest absolute Gasteiger partial charge is 0.229 e. The molecular formula is C27H30O13. The molecule has 5 rings (SSSR count). The Morgan fingerprint density at radius 2 is 1.73 bits per heavy atom. The lowest BCUT2D eigenvalue weighted by Crippen LogP contribution is -2.62. The average molecular weight is 563 g/mol. The van der Waals surface area contributed by atoms with E-state index in [1.807, 2.05) is 0 Å². The van der Waals surface area contributed by atoms with Gasteiger partial charge in [-0.25, -0.2) is 0 Å². The molecule has 1 aromatic heterocycles. The van der Waals surface area contributed by atoms with Crippen molar-refractivity contribution in [2.45, 2.75) is 48.7 Å². The molecule has 2 fully saturated rings. The van der Waals surface area contributed by atoms with Crippen molar-refractivity contribution in [2.75, 3.05) is 26.9 Å². The lowest BCUT2D eigenvalue weighted by atomic mass is 9.98. The molecule has 0 unspecified atom stereocenters. The molecule has 2 aliphatic rings. The molecule has 3 heterocycles. The van der Waals surface area contributed by atoms with Gasteiger partial charge in [0, 0.05) is 6.07 Å². The molecule has 13 nitrogen and oxygen atoms in total. The van der Waals surface area contributed by atoms with E-state index >= 15 is 0 Å². The summed E-state index contributed by atoms with van der Waals surface area (Å²) in [5, 5.41) is 61.0. The van der Waals surface area contributed by atoms with E-state index in [2.05, 4.69) is 0 Å². The van der Waals surface area contributed by atoms with E-state index in [-0.39, 0.29) is 22.1 Å². The molecule has 0 amide bonds. The number of aliphatic hydroxyl groups excluding tert-OH is 5. The first-order valence-electron chi connectivity index (χ1n) is 12.5. The van der Waals surface area contributed by atoms with Crippen molar-refractivity contribution in [3.63, 3.8) is 0 Å². The molecule has 6 N–H and O–H groups in total. The van der Waals surface area contributed by atoms with E-state index in [0.29, 0.717) is 16.9 Å². The van der Waals surface area contributed by atoms with E-state index < -0.39 is 68.5 Å². The van der Waals surface area contributed by atoms with Crippen molar-refractivity contribution in [3.8, 4) is 22.6 Å². The molecule has 0 saturated carbocycles. The fourth-order valence-electron chi connectivity index (χ4n) is 4.65. The number of ether oxygens (including phenoxy) is 5. The molecule has 2 aromatic carbocycles. The molecule has 2 aliphatic heterocycles. The standard InChI is InChI=1S/C27H30O13/c1-35-14-4-2-13(3-5-14)17-10-36-18-8-15(6-7-16(18)20(17)30)38-25-23(22(32)21(31)19(9-28)39-25)40-26-24(33)27(34,11-29)12-37-26/h2-8,10,19,21-26,28-29,31-34H,9,11-12H2,1H3/t19-,21+,22+,23+,24-,25-,26-,27+/m0/s1. The van der Waals surface area contributed by atoms with Gasteiger partial charge < -0.3 is 58.7 Å². The first-order valence-corrected chi connectivity index (χ1v) is 12.5. The number of rotatable bonds is 8. The van der Waals surface area contributed by atoms with E-state index in [1.165, 1.54) is 24.5 Å². The normalized spacial score (nSPS) is 32.3. The first kappa shape index (κ1) is 28.4. The van der Waals surface area contributed by atoms with Crippen molar-refractivity contribution in [3.05, 3.63) is 59.0 Å². The van der Waals surface area contributed by atoms with Gasteiger partial charge in [-0.1, -0.05) is 12.1 Å². The maximum atomic E-state index is 13.2. The quantitative estimate of drug-likeness (QED) is 0.198. The minimum Gasteiger partial charge on any atom is -0.497 e. The van der Waals surface area contributed by atoms with Crippen molar-refractivity contribution < 1.29 is 58.7 Å². The van der Waals surface area contributed by atoms with Crippen LogP contribution < -0.4 is 14.9 Å². The highest BCUT2D eigenvalue weighted by Gasteiger charge is 2.53. The molecule has 40 heavy (non-hydrogen) atoms. The van der Waals surface area contributed by atoms with Crippen LogP contribution in [0.25, 0.3) is 22.1 Å². The second kappa shape index (κ2) is 11.4. The van der Waals surface area contributed by atoms with Gasteiger partial charge in [-0.2, -0.15) is 0 Å². The fraction of sp³-hybridized carbons (Fsp3) is 0.444. The molecule has 0 spiro atoms. The number of benzene rings is 2. The van der Waals surface area contributed by atoms with Crippen LogP contribution in [-0.4, -0.2) is 106 Å².